The average molecular weight is 307 g/mol. The van der Waals surface area contributed by atoms with E-state index >= 15 is 0 Å². The van der Waals surface area contributed by atoms with Gasteiger partial charge in [-0.05, 0) is 44.6 Å². The summed E-state index contributed by atoms with van der Waals surface area (Å²) in [5.41, 5.74) is 0.885. The van der Waals surface area contributed by atoms with Crippen LogP contribution in [-0.4, -0.2) is 25.0 Å². The molecule has 1 heterocycles. The third kappa shape index (κ3) is 2.27. The van der Waals surface area contributed by atoms with Crippen LogP contribution in [0.1, 0.15) is 45.8 Å². The number of esters is 1. The van der Waals surface area contributed by atoms with Gasteiger partial charge in [0.1, 0.15) is 0 Å². The first-order chi connectivity index (χ1) is 9.97. The van der Waals surface area contributed by atoms with Crippen LogP contribution >= 0.6 is 11.3 Å². The van der Waals surface area contributed by atoms with E-state index in [0.717, 1.165) is 34.6 Å². The highest BCUT2D eigenvalue weighted by Gasteiger charge is 2.60. The van der Waals surface area contributed by atoms with Gasteiger partial charge in [-0.1, -0.05) is 6.42 Å². The Morgan fingerprint density at radius 2 is 2.10 bits per heavy atom. The van der Waals surface area contributed by atoms with Gasteiger partial charge in [0.05, 0.1) is 18.6 Å². The second-order valence-corrected chi connectivity index (χ2v) is 7.79. The van der Waals surface area contributed by atoms with Gasteiger partial charge < -0.3 is 10.1 Å². The quantitative estimate of drug-likeness (QED) is 0.874. The topological polar surface area (TPSA) is 55.4 Å². The average Bonchev–Trinajstić information content (AvgIpc) is 2.71. The fourth-order valence-electron chi connectivity index (χ4n) is 3.79. The summed E-state index contributed by atoms with van der Waals surface area (Å²) in [5, 5.41) is 3.11. The number of amides is 1. The molecule has 5 heteroatoms. The third-order valence-electron chi connectivity index (χ3n) is 5.11. The largest absolute Gasteiger partial charge is 0.469 e. The monoisotopic (exact) mass is 307 g/mol. The molecule has 0 bridgehead atoms. The molecule has 0 radical (unpaired) electrons. The van der Waals surface area contributed by atoms with E-state index in [2.05, 4.69) is 5.32 Å². The van der Waals surface area contributed by atoms with E-state index in [9.17, 15) is 9.59 Å². The minimum Gasteiger partial charge on any atom is -0.469 e. The number of ether oxygens (including phenoxy) is 1. The Labute approximate surface area is 128 Å². The fraction of sp³-hybridized carbons (Fsp3) is 0.625. The van der Waals surface area contributed by atoms with E-state index in [1.54, 1.807) is 11.3 Å². The summed E-state index contributed by atoms with van der Waals surface area (Å²) in [6.45, 7) is 3.97. The standard InChI is InChI=1S/C16H21NO3S/c1-9-7-11(10(2)21-9)14(18)17-13-12(15(19)20-3)8-16(13)5-4-6-16/h7,12-13H,4-6,8H2,1-3H3,(H,17,18). The van der Waals surface area contributed by atoms with E-state index in [-0.39, 0.29) is 29.3 Å². The van der Waals surface area contributed by atoms with Crippen molar-refractivity contribution >= 4 is 23.2 Å². The van der Waals surface area contributed by atoms with Crippen molar-refractivity contribution in [1.29, 1.82) is 0 Å². The summed E-state index contributed by atoms with van der Waals surface area (Å²) in [7, 11) is 1.42. The first kappa shape index (κ1) is 14.6. The molecule has 0 saturated heterocycles. The number of carbonyl (C=O) groups excluding carboxylic acids is 2. The lowest BCUT2D eigenvalue weighted by Gasteiger charge is -2.59. The van der Waals surface area contributed by atoms with E-state index in [0.29, 0.717) is 0 Å². The first-order valence-corrected chi connectivity index (χ1v) is 8.24. The predicted molar refractivity (Wildman–Crippen MR) is 81.5 cm³/mol. The van der Waals surface area contributed by atoms with Crippen molar-refractivity contribution in [2.45, 2.75) is 45.6 Å². The van der Waals surface area contributed by atoms with Gasteiger partial charge in [0.2, 0.25) is 0 Å². The first-order valence-electron chi connectivity index (χ1n) is 7.42. The molecule has 2 aliphatic carbocycles. The van der Waals surface area contributed by atoms with Crippen molar-refractivity contribution in [1.82, 2.24) is 5.32 Å². The van der Waals surface area contributed by atoms with Crippen LogP contribution in [0.2, 0.25) is 0 Å². The van der Waals surface area contributed by atoms with Crippen molar-refractivity contribution in [3.63, 3.8) is 0 Å². The molecule has 2 saturated carbocycles. The normalized spacial score (nSPS) is 25.9. The fourth-order valence-corrected chi connectivity index (χ4v) is 4.72. The predicted octanol–water partition coefficient (Wildman–Crippen LogP) is 2.83. The second kappa shape index (κ2) is 5.13. The number of thiophene rings is 1. The van der Waals surface area contributed by atoms with Crippen LogP contribution in [0.25, 0.3) is 0 Å². The summed E-state index contributed by atoms with van der Waals surface area (Å²) < 4.78 is 4.87. The molecule has 4 nitrogen and oxygen atoms in total. The Bertz CT molecular complexity index is 588. The Morgan fingerprint density at radius 1 is 1.38 bits per heavy atom. The van der Waals surface area contributed by atoms with Crippen molar-refractivity contribution in [2.75, 3.05) is 7.11 Å². The highest BCUT2D eigenvalue weighted by molar-refractivity contribution is 7.12. The number of hydrogen-bond donors (Lipinski definition) is 1. The number of hydrogen-bond acceptors (Lipinski definition) is 4. The van der Waals surface area contributed by atoms with E-state index < -0.39 is 0 Å². The molecule has 1 aromatic heterocycles. The van der Waals surface area contributed by atoms with E-state index in [1.807, 2.05) is 19.9 Å². The summed E-state index contributed by atoms with van der Waals surface area (Å²) in [6.07, 6.45) is 4.25. The zero-order valence-electron chi connectivity index (χ0n) is 12.7. The summed E-state index contributed by atoms with van der Waals surface area (Å²) in [4.78, 5) is 26.5. The molecule has 1 aromatic rings. The maximum atomic E-state index is 12.5. The van der Waals surface area contributed by atoms with Crippen LogP contribution in [0.3, 0.4) is 0 Å². The second-order valence-electron chi connectivity index (χ2n) is 6.33. The minimum absolute atomic E-state index is 0.0540. The van der Waals surface area contributed by atoms with Gasteiger partial charge in [-0.2, -0.15) is 0 Å². The Kier molecular flexibility index (Phi) is 3.56. The number of nitrogens with one attached hydrogen (secondary N) is 1. The molecule has 1 amide bonds. The molecule has 21 heavy (non-hydrogen) atoms. The lowest BCUT2D eigenvalue weighted by Crippen LogP contribution is -2.66. The zero-order chi connectivity index (χ0) is 15.2. The molecule has 3 rings (SSSR count). The van der Waals surface area contributed by atoms with Crippen molar-refractivity contribution in [3.8, 4) is 0 Å². The maximum Gasteiger partial charge on any atom is 0.310 e. The van der Waals surface area contributed by atoms with Crippen molar-refractivity contribution < 1.29 is 14.3 Å². The molecular formula is C16H21NO3S. The summed E-state index contributed by atoms with van der Waals surface area (Å²) in [5.74, 6) is -0.433. The Morgan fingerprint density at radius 3 is 2.57 bits per heavy atom. The molecule has 1 N–H and O–H groups in total. The SMILES string of the molecule is COC(=O)C1CC2(CCC2)C1NC(=O)c1cc(C)sc1C. The Hall–Kier alpha value is -1.36. The maximum absolute atomic E-state index is 12.5. The molecule has 2 fully saturated rings. The van der Waals surface area contributed by atoms with E-state index in [1.165, 1.54) is 13.5 Å². The zero-order valence-corrected chi connectivity index (χ0v) is 13.5. The van der Waals surface area contributed by atoms with Crippen LogP contribution in [0.15, 0.2) is 6.07 Å². The molecule has 114 valence electrons. The van der Waals surface area contributed by atoms with Gasteiger partial charge in [-0.25, -0.2) is 0 Å². The van der Waals surface area contributed by atoms with Gasteiger partial charge in [0, 0.05) is 15.8 Å². The number of aryl methyl sites for hydroxylation is 2. The van der Waals surface area contributed by atoms with Crippen molar-refractivity contribution in [2.24, 2.45) is 11.3 Å². The molecule has 1 spiro atoms. The number of carbonyl (C=O) groups is 2. The third-order valence-corrected chi connectivity index (χ3v) is 6.08. The Balaban J connectivity index is 1.76. The molecule has 2 unspecified atom stereocenters. The minimum atomic E-state index is -0.198. The molecule has 2 atom stereocenters. The lowest BCUT2D eigenvalue weighted by molar-refractivity contribution is -0.163. The lowest BCUT2D eigenvalue weighted by atomic mass is 9.48. The smallest absolute Gasteiger partial charge is 0.310 e. The van der Waals surface area contributed by atoms with Gasteiger partial charge in [-0.15, -0.1) is 11.3 Å². The van der Waals surface area contributed by atoms with Crippen LogP contribution in [0.4, 0.5) is 0 Å². The van der Waals surface area contributed by atoms with Crippen LogP contribution in [-0.2, 0) is 9.53 Å². The van der Waals surface area contributed by atoms with E-state index in [4.69, 9.17) is 4.74 Å². The molecule has 0 aromatic carbocycles. The van der Waals surface area contributed by atoms with Gasteiger partial charge in [0.25, 0.3) is 5.91 Å². The highest BCUT2D eigenvalue weighted by Crippen LogP contribution is 2.59. The number of methoxy groups -OCH3 is 1. The molecule has 2 aliphatic rings. The van der Waals surface area contributed by atoms with Gasteiger partial charge >= 0.3 is 5.97 Å². The van der Waals surface area contributed by atoms with Crippen LogP contribution in [0, 0.1) is 25.2 Å². The molecular weight excluding hydrogens is 286 g/mol. The highest BCUT2D eigenvalue weighted by atomic mass is 32.1. The number of rotatable bonds is 3. The van der Waals surface area contributed by atoms with Crippen LogP contribution in [0.5, 0.6) is 0 Å². The van der Waals surface area contributed by atoms with Gasteiger partial charge in [0.15, 0.2) is 0 Å². The van der Waals surface area contributed by atoms with Crippen molar-refractivity contribution in [3.05, 3.63) is 21.4 Å². The summed E-state index contributed by atoms with van der Waals surface area (Å²) >= 11 is 1.63. The van der Waals surface area contributed by atoms with Gasteiger partial charge in [-0.3, -0.25) is 9.59 Å². The van der Waals surface area contributed by atoms with Crippen LogP contribution < -0.4 is 5.32 Å². The molecule has 0 aliphatic heterocycles. The summed E-state index contributed by atoms with van der Waals surface area (Å²) in [6, 6.07) is 1.86.